The molecule has 2 aromatic carbocycles. The monoisotopic (exact) mass is 377 g/mol. The number of carbonyl (C=O) groups is 1. The Hall–Kier alpha value is -3.28. The fourth-order valence-corrected chi connectivity index (χ4v) is 3.25. The summed E-state index contributed by atoms with van der Waals surface area (Å²) in [6.07, 6.45) is 0. The minimum atomic E-state index is -0.309. The van der Waals surface area contributed by atoms with Crippen molar-refractivity contribution in [3.05, 3.63) is 60.2 Å². The van der Waals surface area contributed by atoms with Crippen molar-refractivity contribution in [3.63, 3.8) is 0 Å². The number of aryl methyl sites for hydroxylation is 2. The first-order valence-electron chi connectivity index (χ1n) is 9.54. The van der Waals surface area contributed by atoms with Crippen molar-refractivity contribution in [1.82, 2.24) is 9.78 Å². The standard InChI is InChI=1S/C22H27N5O/c1-5-27(6-2)18-12-13-19(16(3)14-18)23-22(28)24-21-15-20(26(4)25-21)17-10-8-7-9-11-17/h7-15H,5-6H2,1-4H3,(H2,23,24,25,28). The lowest BCUT2D eigenvalue weighted by molar-refractivity contribution is 0.262. The molecule has 0 saturated carbocycles. The molecule has 28 heavy (non-hydrogen) atoms. The zero-order chi connectivity index (χ0) is 20.1. The molecule has 2 N–H and O–H groups in total. The number of anilines is 3. The maximum atomic E-state index is 12.4. The van der Waals surface area contributed by atoms with E-state index in [4.69, 9.17) is 0 Å². The van der Waals surface area contributed by atoms with Crippen molar-refractivity contribution < 1.29 is 4.79 Å². The van der Waals surface area contributed by atoms with Gasteiger partial charge in [-0.05, 0) is 50.1 Å². The molecule has 0 fully saturated rings. The van der Waals surface area contributed by atoms with E-state index < -0.39 is 0 Å². The zero-order valence-electron chi connectivity index (χ0n) is 16.9. The Morgan fingerprint density at radius 1 is 1.04 bits per heavy atom. The Morgan fingerprint density at radius 3 is 2.39 bits per heavy atom. The van der Waals surface area contributed by atoms with E-state index in [1.807, 2.05) is 62.5 Å². The summed E-state index contributed by atoms with van der Waals surface area (Å²) in [7, 11) is 1.86. The molecule has 0 atom stereocenters. The van der Waals surface area contributed by atoms with Gasteiger partial charge in [0.25, 0.3) is 0 Å². The second-order valence-corrected chi connectivity index (χ2v) is 6.66. The predicted molar refractivity (Wildman–Crippen MR) is 116 cm³/mol. The quantitative estimate of drug-likeness (QED) is 0.643. The van der Waals surface area contributed by atoms with Crippen LogP contribution in [0.25, 0.3) is 11.3 Å². The largest absolute Gasteiger partial charge is 0.372 e. The lowest BCUT2D eigenvalue weighted by atomic mass is 10.1. The van der Waals surface area contributed by atoms with E-state index in [0.717, 1.165) is 41.3 Å². The molecule has 1 aromatic heterocycles. The highest BCUT2D eigenvalue weighted by molar-refractivity contribution is 6.00. The summed E-state index contributed by atoms with van der Waals surface area (Å²) < 4.78 is 1.76. The van der Waals surface area contributed by atoms with Crippen LogP contribution in [0.4, 0.5) is 22.0 Å². The topological polar surface area (TPSA) is 62.2 Å². The number of hydrogen-bond donors (Lipinski definition) is 2. The summed E-state index contributed by atoms with van der Waals surface area (Å²) >= 11 is 0. The van der Waals surface area contributed by atoms with Gasteiger partial charge < -0.3 is 10.2 Å². The molecular weight excluding hydrogens is 350 g/mol. The van der Waals surface area contributed by atoms with Crippen LogP contribution < -0.4 is 15.5 Å². The van der Waals surface area contributed by atoms with Gasteiger partial charge in [0.1, 0.15) is 0 Å². The summed E-state index contributed by atoms with van der Waals surface area (Å²) in [6.45, 7) is 8.17. The molecule has 0 unspecified atom stereocenters. The lowest BCUT2D eigenvalue weighted by Crippen LogP contribution is -2.23. The van der Waals surface area contributed by atoms with Gasteiger partial charge in [-0.15, -0.1) is 0 Å². The van der Waals surface area contributed by atoms with Crippen LogP contribution in [0.1, 0.15) is 19.4 Å². The fraction of sp³-hybridized carbons (Fsp3) is 0.273. The van der Waals surface area contributed by atoms with Crippen LogP contribution in [0.15, 0.2) is 54.6 Å². The average Bonchev–Trinajstić information content (AvgIpc) is 3.05. The second-order valence-electron chi connectivity index (χ2n) is 6.66. The first-order chi connectivity index (χ1) is 13.5. The Balaban J connectivity index is 1.69. The van der Waals surface area contributed by atoms with Crippen LogP contribution >= 0.6 is 0 Å². The van der Waals surface area contributed by atoms with E-state index in [0.29, 0.717) is 5.82 Å². The van der Waals surface area contributed by atoms with Crippen LogP contribution in [0.3, 0.4) is 0 Å². The third kappa shape index (κ3) is 4.34. The van der Waals surface area contributed by atoms with E-state index in [1.54, 1.807) is 4.68 Å². The minimum Gasteiger partial charge on any atom is -0.372 e. The van der Waals surface area contributed by atoms with E-state index in [2.05, 4.69) is 40.5 Å². The molecule has 3 rings (SSSR count). The number of urea groups is 1. The molecule has 146 valence electrons. The number of amides is 2. The summed E-state index contributed by atoms with van der Waals surface area (Å²) in [5.41, 5.74) is 4.95. The number of rotatable bonds is 6. The van der Waals surface area contributed by atoms with Gasteiger partial charge >= 0.3 is 6.03 Å². The summed E-state index contributed by atoms with van der Waals surface area (Å²) in [4.78, 5) is 14.7. The van der Waals surface area contributed by atoms with Crippen molar-refractivity contribution in [2.75, 3.05) is 28.6 Å². The summed E-state index contributed by atoms with van der Waals surface area (Å²) in [5.74, 6) is 0.510. The van der Waals surface area contributed by atoms with Crippen LogP contribution in [0.5, 0.6) is 0 Å². The van der Waals surface area contributed by atoms with Gasteiger partial charge in [0.05, 0.1) is 5.69 Å². The molecule has 6 nitrogen and oxygen atoms in total. The number of benzene rings is 2. The summed E-state index contributed by atoms with van der Waals surface area (Å²) in [6, 6.07) is 17.6. The van der Waals surface area contributed by atoms with Gasteiger partial charge in [-0.2, -0.15) is 5.10 Å². The highest BCUT2D eigenvalue weighted by atomic mass is 16.2. The zero-order valence-corrected chi connectivity index (χ0v) is 16.9. The Kier molecular flexibility index (Phi) is 5.99. The van der Waals surface area contributed by atoms with E-state index >= 15 is 0 Å². The number of nitrogens with one attached hydrogen (secondary N) is 2. The molecular formula is C22H27N5O. The van der Waals surface area contributed by atoms with Gasteiger partial charge in [0, 0.05) is 37.6 Å². The normalized spacial score (nSPS) is 10.6. The van der Waals surface area contributed by atoms with Gasteiger partial charge in [-0.25, -0.2) is 4.79 Å². The van der Waals surface area contributed by atoms with Crippen molar-refractivity contribution >= 4 is 23.2 Å². The molecule has 0 radical (unpaired) electrons. The van der Waals surface area contributed by atoms with Crippen molar-refractivity contribution in [3.8, 4) is 11.3 Å². The van der Waals surface area contributed by atoms with Crippen LogP contribution in [0.2, 0.25) is 0 Å². The molecule has 0 aliphatic rings. The number of carbonyl (C=O) groups excluding carboxylic acids is 1. The first-order valence-corrected chi connectivity index (χ1v) is 9.54. The third-order valence-electron chi connectivity index (χ3n) is 4.78. The van der Waals surface area contributed by atoms with Gasteiger partial charge in [-0.1, -0.05) is 30.3 Å². The maximum Gasteiger partial charge on any atom is 0.324 e. The molecule has 3 aromatic rings. The average molecular weight is 377 g/mol. The molecule has 0 bridgehead atoms. The van der Waals surface area contributed by atoms with Crippen molar-refractivity contribution in [2.45, 2.75) is 20.8 Å². The minimum absolute atomic E-state index is 0.309. The number of aromatic nitrogens is 2. The Bertz CT molecular complexity index is 945. The van der Waals surface area contributed by atoms with Crippen LogP contribution in [-0.2, 0) is 7.05 Å². The van der Waals surface area contributed by atoms with Gasteiger partial charge in [-0.3, -0.25) is 10.00 Å². The lowest BCUT2D eigenvalue weighted by Gasteiger charge is -2.22. The molecule has 0 saturated heterocycles. The van der Waals surface area contributed by atoms with Crippen LogP contribution in [0, 0.1) is 6.92 Å². The molecule has 0 spiro atoms. The second kappa shape index (κ2) is 8.61. The van der Waals surface area contributed by atoms with E-state index in [9.17, 15) is 4.79 Å². The molecule has 1 heterocycles. The Morgan fingerprint density at radius 2 is 1.75 bits per heavy atom. The van der Waals surface area contributed by atoms with Crippen LogP contribution in [-0.4, -0.2) is 28.9 Å². The molecule has 2 amide bonds. The third-order valence-corrected chi connectivity index (χ3v) is 4.78. The predicted octanol–water partition coefficient (Wildman–Crippen LogP) is 4.89. The molecule has 0 aliphatic carbocycles. The summed E-state index contributed by atoms with van der Waals surface area (Å²) in [5, 5.41) is 10.1. The highest BCUT2D eigenvalue weighted by Crippen LogP contribution is 2.24. The first kappa shape index (κ1) is 19.5. The number of nitrogens with zero attached hydrogens (tertiary/aromatic N) is 3. The fourth-order valence-electron chi connectivity index (χ4n) is 3.25. The van der Waals surface area contributed by atoms with Crippen molar-refractivity contribution in [2.24, 2.45) is 7.05 Å². The number of hydrogen-bond acceptors (Lipinski definition) is 3. The SMILES string of the molecule is CCN(CC)c1ccc(NC(=O)Nc2cc(-c3ccccc3)n(C)n2)c(C)c1. The maximum absolute atomic E-state index is 12.4. The van der Waals surface area contributed by atoms with E-state index in [1.165, 1.54) is 0 Å². The smallest absolute Gasteiger partial charge is 0.324 e. The van der Waals surface area contributed by atoms with Crippen molar-refractivity contribution in [1.29, 1.82) is 0 Å². The Labute approximate surface area is 166 Å². The van der Waals surface area contributed by atoms with Gasteiger partial charge in [0.2, 0.25) is 0 Å². The molecule has 0 aliphatic heterocycles. The molecule has 6 heteroatoms. The van der Waals surface area contributed by atoms with E-state index in [-0.39, 0.29) is 6.03 Å². The highest BCUT2D eigenvalue weighted by Gasteiger charge is 2.11. The van der Waals surface area contributed by atoms with Gasteiger partial charge in [0.15, 0.2) is 5.82 Å².